The van der Waals surface area contributed by atoms with Gasteiger partial charge in [0.2, 0.25) is 5.91 Å². The predicted molar refractivity (Wildman–Crippen MR) is 161 cm³/mol. The van der Waals surface area contributed by atoms with Crippen molar-refractivity contribution in [2.24, 2.45) is 5.92 Å². The first-order valence-electron chi connectivity index (χ1n) is 14.2. The van der Waals surface area contributed by atoms with Crippen molar-refractivity contribution in [2.75, 3.05) is 18.4 Å². The molecule has 40 heavy (non-hydrogen) atoms. The lowest BCUT2D eigenvalue weighted by atomic mass is 9.82. The Bertz CT molecular complexity index is 1280. The Hall–Kier alpha value is -3.22. The summed E-state index contributed by atoms with van der Waals surface area (Å²) >= 11 is 6.31. The number of allylic oxidation sites excluding steroid dienone is 2. The van der Waals surface area contributed by atoms with Crippen LogP contribution < -0.4 is 10.6 Å². The van der Waals surface area contributed by atoms with Crippen molar-refractivity contribution in [2.45, 2.75) is 64.5 Å². The molecule has 2 amide bonds. The third-order valence-corrected chi connectivity index (χ3v) is 8.35. The second kappa shape index (κ2) is 13.9. The number of carbonyl (C=O) groups excluding carboxylic acids is 2. The number of halogens is 2. The highest BCUT2D eigenvalue weighted by molar-refractivity contribution is 6.31. The van der Waals surface area contributed by atoms with Gasteiger partial charge in [0.15, 0.2) is 0 Å². The molecular weight excluding hydrogens is 525 g/mol. The number of carbonyl (C=O) groups is 2. The first-order valence-corrected chi connectivity index (χ1v) is 14.5. The number of nitrogens with one attached hydrogen (secondary N) is 2. The summed E-state index contributed by atoms with van der Waals surface area (Å²) in [5, 5.41) is 7.14. The van der Waals surface area contributed by atoms with Gasteiger partial charge in [-0.25, -0.2) is 4.39 Å². The van der Waals surface area contributed by atoms with Crippen molar-refractivity contribution >= 4 is 29.1 Å². The van der Waals surface area contributed by atoms with E-state index in [9.17, 15) is 14.0 Å². The largest absolute Gasteiger partial charge is 0.331 e. The third-order valence-electron chi connectivity index (χ3n) is 7.95. The average Bonchev–Trinajstić information content (AvgIpc) is 3.45. The van der Waals surface area contributed by atoms with Crippen LogP contribution in [0.4, 0.5) is 10.1 Å². The molecule has 2 fully saturated rings. The van der Waals surface area contributed by atoms with Crippen molar-refractivity contribution in [3.63, 3.8) is 0 Å². The average molecular weight is 564 g/mol. The number of hydrogen-bond acceptors (Lipinski definition) is 3. The number of rotatable bonds is 9. The van der Waals surface area contributed by atoms with Gasteiger partial charge in [-0.05, 0) is 74.4 Å². The van der Waals surface area contributed by atoms with Crippen molar-refractivity contribution in [3.05, 3.63) is 100 Å². The van der Waals surface area contributed by atoms with E-state index < -0.39 is 23.7 Å². The maximum Gasteiger partial charge on any atom is 0.257 e. The molecule has 1 saturated carbocycles. The summed E-state index contributed by atoms with van der Waals surface area (Å²) in [6.45, 7) is 8.63. The molecule has 0 radical (unpaired) electrons. The Balaban J connectivity index is 1.67. The normalized spacial score (nSPS) is 20.2. The Labute approximate surface area is 242 Å². The van der Waals surface area contributed by atoms with Crippen LogP contribution in [0.2, 0.25) is 5.02 Å². The fourth-order valence-electron chi connectivity index (χ4n) is 5.81. The Morgan fingerprint density at radius 3 is 2.58 bits per heavy atom. The zero-order valence-electron chi connectivity index (χ0n) is 23.4. The molecule has 1 saturated heterocycles. The molecule has 1 unspecified atom stereocenters. The molecule has 5 nitrogen and oxygen atoms in total. The molecule has 2 N–H and O–H groups in total. The van der Waals surface area contributed by atoms with Gasteiger partial charge in [-0.15, -0.1) is 0 Å². The second-order valence-electron chi connectivity index (χ2n) is 10.8. The molecule has 4 rings (SSSR count). The quantitative estimate of drug-likeness (QED) is 0.318. The maximum atomic E-state index is 14.9. The van der Waals surface area contributed by atoms with E-state index in [2.05, 4.69) is 17.2 Å². The summed E-state index contributed by atoms with van der Waals surface area (Å²) in [4.78, 5) is 29.3. The number of amides is 2. The van der Waals surface area contributed by atoms with Gasteiger partial charge >= 0.3 is 0 Å². The summed E-state index contributed by atoms with van der Waals surface area (Å²) < 4.78 is 14.9. The third kappa shape index (κ3) is 7.10. The number of nitrogens with zero attached hydrogens (tertiary/aromatic N) is 1. The van der Waals surface area contributed by atoms with E-state index in [0.717, 1.165) is 11.1 Å². The molecule has 1 aliphatic heterocycles. The number of piperidine rings is 1. The van der Waals surface area contributed by atoms with Gasteiger partial charge in [-0.2, -0.15) is 0 Å². The monoisotopic (exact) mass is 563 g/mol. The number of hydrogen-bond donors (Lipinski definition) is 2. The minimum atomic E-state index is -0.595. The lowest BCUT2D eigenvalue weighted by Crippen LogP contribution is -2.52. The standard InChI is InChI=1S/C33H39ClFN3O2/c1-4-10-24(12-8-19-36-25-13-5-6-14-25)31-27(32(39)37-26-18-17-22(2)28(34)21-26)15-9-20-38(31)33(40)30-23(3)11-7-16-29(30)35/h4,7-8,10-12,16-18,21,25,27,31,36H,1,5-6,9,13-15,19-20H2,2-3H3,(H,37,39)/b12-8-,24-10+/t27-,31?/m0/s1. The van der Waals surface area contributed by atoms with Gasteiger partial charge in [-0.3, -0.25) is 9.59 Å². The fourth-order valence-corrected chi connectivity index (χ4v) is 5.99. The summed E-state index contributed by atoms with van der Waals surface area (Å²) in [7, 11) is 0. The smallest absolute Gasteiger partial charge is 0.257 e. The molecule has 2 aromatic rings. The lowest BCUT2D eigenvalue weighted by molar-refractivity contribution is -0.122. The predicted octanol–water partition coefficient (Wildman–Crippen LogP) is 7.16. The van der Waals surface area contributed by atoms with E-state index in [0.29, 0.717) is 48.2 Å². The number of likely N-dealkylation sites (tertiary alicyclic amines) is 1. The molecule has 0 aromatic heterocycles. The van der Waals surface area contributed by atoms with Crippen molar-refractivity contribution in [3.8, 4) is 0 Å². The van der Waals surface area contributed by atoms with Gasteiger partial charge in [0, 0.05) is 29.8 Å². The zero-order chi connectivity index (χ0) is 28.6. The number of anilines is 1. The van der Waals surface area contributed by atoms with Crippen molar-refractivity contribution in [1.29, 1.82) is 0 Å². The summed E-state index contributed by atoms with van der Waals surface area (Å²) in [6.07, 6.45) is 13.6. The topological polar surface area (TPSA) is 61.4 Å². The highest BCUT2D eigenvalue weighted by Crippen LogP contribution is 2.33. The van der Waals surface area contributed by atoms with Crippen LogP contribution in [0, 0.1) is 25.6 Å². The van der Waals surface area contributed by atoms with Gasteiger partial charge in [-0.1, -0.05) is 73.5 Å². The van der Waals surface area contributed by atoms with E-state index in [1.54, 1.807) is 36.1 Å². The first kappa shape index (κ1) is 29.8. The molecule has 1 heterocycles. The molecule has 0 spiro atoms. The van der Waals surface area contributed by atoms with E-state index in [1.807, 2.05) is 37.3 Å². The van der Waals surface area contributed by atoms with Crippen LogP contribution in [0.3, 0.4) is 0 Å². The molecule has 212 valence electrons. The summed E-state index contributed by atoms with van der Waals surface area (Å²) in [5.41, 5.74) is 2.91. The van der Waals surface area contributed by atoms with Crippen LogP contribution in [-0.2, 0) is 4.79 Å². The summed E-state index contributed by atoms with van der Waals surface area (Å²) in [5.74, 6) is -1.73. The molecule has 0 bridgehead atoms. The Kier molecular flexibility index (Phi) is 10.3. The van der Waals surface area contributed by atoms with Gasteiger partial charge in [0.1, 0.15) is 5.82 Å². The van der Waals surface area contributed by atoms with Crippen LogP contribution >= 0.6 is 11.6 Å². The molecular formula is C33H39ClFN3O2. The first-order chi connectivity index (χ1) is 19.3. The Morgan fingerprint density at radius 1 is 1.10 bits per heavy atom. The highest BCUT2D eigenvalue weighted by atomic mass is 35.5. The SMILES string of the molecule is C=C/C=C(\C=C/CNC1CCCC1)C1[C@@H](C(=O)Nc2ccc(C)c(Cl)c2)CCCN1C(=O)c1c(C)cccc1F. The molecule has 2 aliphatic rings. The molecule has 2 aromatic carbocycles. The number of benzene rings is 2. The van der Waals surface area contributed by atoms with Crippen molar-refractivity contribution in [1.82, 2.24) is 10.2 Å². The van der Waals surface area contributed by atoms with Gasteiger partial charge in [0.05, 0.1) is 17.5 Å². The maximum absolute atomic E-state index is 14.9. The summed E-state index contributed by atoms with van der Waals surface area (Å²) in [6, 6.07) is 9.97. The van der Waals surface area contributed by atoms with Gasteiger partial charge in [0.25, 0.3) is 5.91 Å². The molecule has 2 atom stereocenters. The van der Waals surface area contributed by atoms with Crippen LogP contribution in [0.15, 0.2) is 72.9 Å². The van der Waals surface area contributed by atoms with Crippen LogP contribution in [-0.4, -0.2) is 41.9 Å². The van der Waals surface area contributed by atoms with E-state index >= 15 is 0 Å². The minimum absolute atomic E-state index is 0.0451. The Morgan fingerprint density at radius 2 is 1.88 bits per heavy atom. The minimum Gasteiger partial charge on any atom is -0.331 e. The number of aryl methyl sites for hydroxylation is 2. The fraction of sp³-hybridized carbons (Fsp3) is 0.394. The van der Waals surface area contributed by atoms with Crippen LogP contribution in [0.1, 0.15) is 60.0 Å². The second-order valence-corrected chi connectivity index (χ2v) is 11.2. The van der Waals surface area contributed by atoms with E-state index in [1.165, 1.54) is 31.7 Å². The molecule has 7 heteroatoms. The zero-order valence-corrected chi connectivity index (χ0v) is 24.1. The van der Waals surface area contributed by atoms with Crippen LogP contribution in [0.25, 0.3) is 0 Å². The van der Waals surface area contributed by atoms with E-state index in [4.69, 9.17) is 11.6 Å². The molecule has 1 aliphatic carbocycles. The van der Waals surface area contributed by atoms with Crippen LogP contribution in [0.5, 0.6) is 0 Å². The highest BCUT2D eigenvalue weighted by Gasteiger charge is 2.41. The van der Waals surface area contributed by atoms with E-state index in [-0.39, 0.29) is 11.5 Å². The lowest BCUT2D eigenvalue weighted by Gasteiger charge is -2.41. The van der Waals surface area contributed by atoms with Gasteiger partial charge < -0.3 is 15.5 Å². The van der Waals surface area contributed by atoms with Crippen molar-refractivity contribution < 1.29 is 14.0 Å².